The van der Waals surface area contributed by atoms with Gasteiger partial charge in [-0.3, -0.25) is 4.79 Å². The Balaban J connectivity index is 2.31. The maximum Gasteiger partial charge on any atom is 0.498 e. The van der Waals surface area contributed by atoms with E-state index in [0.717, 1.165) is 5.46 Å². The van der Waals surface area contributed by atoms with E-state index in [-0.39, 0.29) is 5.91 Å². The topological polar surface area (TPSA) is 56.8 Å². The SMILES string of the molecule is CCNC(=O)c1ccc(B2OC(C)(C)C(C)(C)O2)c(OC)c1. The zero-order chi connectivity index (χ0) is 16.5. The lowest BCUT2D eigenvalue weighted by Crippen LogP contribution is -2.41. The van der Waals surface area contributed by atoms with Gasteiger partial charge in [0.25, 0.3) is 5.91 Å². The first-order valence-corrected chi connectivity index (χ1v) is 7.53. The van der Waals surface area contributed by atoms with E-state index in [2.05, 4.69) is 5.32 Å². The molecule has 22 heavy (non-hydrogen) atoms. The number of ether oxygens (including phenoxy) is 1. The lowest BCUT2D eigenvalue weighted by atomic mass is 9.78. The van der Waals surface area contributed by atoms with Crippen LogP contribution in [0.3, 0.4) is 0 Å². The molecule has 6 heteroatoms. The molecule has 0 saturated carbocycles. The highest BCUT2D eigenvalue weighted by Gasteiger charge is 2.52. The van der Waals surface area contributed by atoms with Crippen LogP contribution in [-0.2, 0) is 9.31 Å². The molecule has 1 aromatic carbocycles. The molecule has 0 radical (unpaired) electrons. The van der Waals surface area contributed by atoms with Gasteiger partial charge in [0.15, 0.2) is 0 Å². The Hall–Kier alpha value is -1.53. The molecule has 2 rings (SSSR count). The van der Waals surface area contributed by atoms with Gasteiger partial charge in [-0.2, -0.15) is 0 Å². The zero-order valence-electron chi connectivity index (χ0n) is 14.1. The van der Waals surface area contributed by atoms with Crippen LogP contribution in [0.2, 0.25) is 0 Å². The minimum Gasteiger partial charge on any atom is -0.497 e. The highest BCUT2D eigenvalue weighted by Crippen LogP contribution is 2.37. The predicted molar refractivity (Wildman–Crippen MR) is 86.7 cm³/mol. The molecular formula is C16H24BNO4. The molecule has 0 aromatic heterocycles. The number of benzene rings is 1. The van der Waals surface area contributed by atoms with E-state index in [1.165, 1.54) is 0 Å². The number of hydrogen-bond donors (Lipinski definition) is 1. The normalized spacial score (nSPS) is 19.1. The first-order chi connectivity index (χ1) is 10.2. The molecule has 1 aromatic rings. The fraction of sp³-hybridized carbons (Fsp3) is 0.562. The van der Waals surface area contributed by atoms with Gasteiger partial charge in [-0.15, -0.1) is 0 Å². The fourth-order valence-corrected chi connectivity index (χ4v) is 2.28. The van der Waals surface area contributed by atoms with Crippen LogP contribution < -0.4 is 15.5 Å². The molecule has 1 saturated heterocycles. The van der Waals surface area contributed by atoms with E-state index in [4.69, 9.17) is 14.0 Å². The summed E-state index contributed by atoms with van der Waals surface area (Å²) in [5.74, 6) is 0.462. The van der Waals surface area contributed by atoms with Crippen LogP contribution in [0.5, 0.6) is 5.75 Å². The molecule has 0 atom stereocenters. The van der Waals surface area contributed by atoms with Gasteiger partial charge in [0.2, 0.25) is 0 Å². The summed E-state index contributed by atoms with van der Waals surface area (Å²) in [6.07, 6.45) is 0. The van der Waals surface area contributed by atoms with E-state index in [9.17, 15) is 4.79 Å². The van der Waals surface area contributed by atoms with Crippen molar-refractivity contribution in [2.45, 2.75) is 45.8 Å². The van der Waals surface area contributed by atoms with Crippen molar-refractivity contribution < 1.29 is 18.8 Å². The minimum atomic E-state index is -0.511. The Bertz CT molecular complexity index is 555. The second-order valence-electron chi connectivity index (χ2n) is 6.40. The zero-order valence-corrected chi connectivity index (χ0v) is 14.1. The smallest absolute Gasteiger partial charge is 0.497 e. The van der Waals surface area contributed by atoms with Crippen molar-refractivity contribution in [2.24, 2.45) is 0 Å². The second kappa shape index (κ2) is 5.93. The van der Waals surface area contributed by atoms with E-state index < -0.39 is 18.3 Å². The van der Waals surface area contributed by atoms with E-state index in [1.807, 2.05) is 40.7 Å². The van der Waals surface area contributed by atoms with Crippen LogP contribution in [0.25, 0.3) is 0 Å². The molecule has 1 aliphatic heterocycles. The second-order valence-corrected chi connectivity index (χ2v) is 6.40. The van der Waals surface area contributed by atoms with Crippen molar-refractivity contribution in [1.29, 1.82) is 0 Å². The average molecular weight is 305 g/mol. The van der Waals surface area contributed by atoms with Gasteiger partial charge in [0.05, 0.1) is 18.3 Å². The lowest BCUT2D eigenvalue weighted by Gasteiger charge is -2.32. The Labute approximate surface area is 132 Å². The minimum absolute atomic E-state index is 0.124. The summed E-state index contributed by atoms with van der Waals surface area (Å²) in [6.45, 7) is 10.5. The molecule has 5 nitrogen and oxygen atoms in total. The van der Waals surface area contributed by atoms with Crippen molar-refractivity contribution in [3.8, 4) is 5.75 Å². The fourth-order valence-electron chi connectivity index (χ4n) is 2.28. The van der Waals surface area contributed by atoms with Crippen molar-refractivity contribution in [3.05, 3.63) is 23.8 Å². The lowest BCUT2D eigenvalue weighted by molar-refractivity contribution is 0.00578. The maximum absolute atomic E-state index is 11.9. The number of nitrogens with one attached hydrogen (secondary N) is 1. The molecule has 0 spiro atoms. The standard InChI is InChI=1S/C16H24BNO4/c1-7-18-14(19)11-8-9-12(13(10-11)20-6)17-21-15(2,3)16(4,5)22-17/h8-10H,7H2,1-6H3,(H,18,19). The third-order valence-electron chi connectivity index (χ3n) is 4.34. The Kier molecular flexibility index (Phi) is 4.54. The Morgan fingerprint density at radius 1 is 1.23 bits per heavy atom. The van der Waals surface area contributed by atoms with Crippen LogP contribution in [0, 0.1) is 0 Å². The van der Waals surface area contributed by atoms with Gasteiger partial charge in [-0.1, -0.05) is 6.07 Å². The Morgan fingerprint density at radius 2 is 1.82 bits per heavy atom. The van der Waals surface area contributed by atoms with Gasteiger partial charge in [0, 0.05) is 17.6 Å². The van der Waals surface area contributed by atoms with Crippen molar-refractivity contribution in [1.82, 2.24) is 5.32 Å². The van der Waals surface area contributed by atoms with Crippen LogP contribution in [-0.4, -0.2) is 37.9 Å². The molecular weight excluding hydrogens is 281 g/mol. The summed E-state index contributed by atoms with van der Waals surface area (Å²) < 4.78 is 17.5. The average Bonchev–Trinajstić information content (AvgIpc) is 2.67. The summed E-state index contributed by atoms with van der Waals surface area (Å²) in [6, 6.07) is 5.30. The van der Waals surface area contributed by atoms with Crippen molar-refractivity contribution in [2.75, 3.05) is 13.7 Å². The number of amides is 1. The van der Waals surface area contributed by atoms with Gasteiger partial charge in [-0.05, 0) is 46.8 Å². The highest BCUT2D eigenvalue weighted by atomic mass is 16.7. The molecule has 120 valence electrons. The van der Waals surface area contributed by atoms with Crippen LogP contribution >= 0.6 is 0 Å². The third-order valence-corrected chi connectivity index (χ3v) is 4.34. The van der Waals surface area contributed by atoms with Gasteiger partial charge in [-0.25, -0.2) is 0 Å². The molecule has 1 N–H and O–H groups in total. The van der Waals surface area contributed by atoms with Crippen molar-refractivity contribution in [3.63, 3.8) is 0 Å². The Morgan fingerprint density at radius 3 is 2.32 bits per heavy atom. The number of carbonyl (C=O) groups excluding carboxylic acids is 1. The van der Waals surface area contributed by atoms with Crippen LogP contribution in [0.1, 0.15) is 45.0 Å². The van der Waals surface area contributed by atoms with E-state index in [0.29, 0.717) is 17.9 Å². The molecule has 1 amide bonds. The number of methoxy groups -OCH3 is 1. The highest BCUT2D eigenvalue weighted by molar-refractivity contribution is 6.63. The molecule has 0 aliphatic carbocycles. The number of carbonyl (C=O) groups is 1. The van der Waals surface area contributed by atoms with Gasteiger partial charge < -0.3 is 19.4 Å². The van der Waals surface area contributed by atoms with E-state index >= 15 is 0 Å². The monoisotopic (exact) mass is 305 g/mol. The first-order valence-electron chi connectivity index (χ1n) is 7.53. The summed E-state index contributed by atoms with van der Waals surface area (Å²) in [4.78, 5) is 11.9. The summed E-state index contributed by atoms with van der Waals surface area (Å²) in [5, 5.41) is 2.77. The molecule has 1 heterocycles. The number of hydrogen-bond acceptors (Lipinski definition) is 4. The summed E-state index contributed by atoms with van der Waals surface area (Å²) in [5.41, 5.74) is 0.509. The van der Waals surface area contributed by atoms with Crippen LogP contribution in [0.15, 0.2) is 18.2 Å². The number of rotatable bonds is 4. The first kappa shape index (κ1) is 16.8. The van der Waals surface area contributed by atoms with Crippen LogP contribution in [0.4, 0.5) is 0 Å². The summed E-state index contributed by atoms with van der Waals surface area (Å²) >= 11 is 0. The molecule has 1 aliphatic rings. The molecule has 0 unspecified atom stereocenters. The predicted octanol–water partition coefficient (Wildman–Crippen LogP) is 1.74. The summed E-state index contributed by atoms with van der Waals surface area (Å²) in [7, 11) is 1.06. The largest absolute Gasteiger partial charge is 0.498 e. The van der Waals surface area contributed by atoms with Gasteiger partial charge in [0.1, 0.15) is 5.75 Å². The van der Waals surface area contributed by atoms with E-state index in [1.54, 1.807) is 19.2 Å². The third kappa shape index (κ3) is 2.98. The molecule has 1 fully saturated rings. The van der Waals surface area contributed by atoms with Crippen molar-refractivity contribution >= 4 is 18.5 Å². The van der Waals surface area contributed by atoms with Gasteiger partial charge >= 0.3 is 7.12 Å². The maximum atomic E-state index is 11.9. The molecule has 0 bridgehead atoms. The quantitative estimate of drug-likeness (QED) is 0.861.